The second-order valence-electron chi connectivity index (χ2n) is 9.17. The summed E-state index contributed by atoms with van der Waals surface area (Å²) in [5.41, 5.74) is 4.61. The highest BCUT2D eigenvalue weighted by atomic mass is 16.6. The van der Waals surface area contributed by atoms with Gasteiger partial charge in [-0.1, -0.05) is 37.4 Å². The van der Waals surface area contributed by atoms with Gasteiger partial charge in [0.15, 0.2) is 0 Å². The fourth-order valence-electron chi connectivity index (χ4n) is 3.86. The van der Waals surface area contributed by atoms with Crippen LogP contribution in [0.25, 0.3) is 34.9 Å². The van der Waals surface area contributed by atoms with Gasteiger partial charge < -0.3 is 28.4 Å². The highest BCUT2D eigenvalue weighted by molar-refractivity contribution is 5.58. The Morgan fingerprint density at radius 1 is 0.409 bits per heavy atom. The lowest BCUT2D eigenvalue weighted by Crippen LogP contribution is -2.15. The minimum Gasteiger partial charge on any atom is -0.475 e. The van der Waals surface area contributed by atoms with Crippen LogP contribution in [-0.2, 0) is 18.9 Å². The molecule has 0 N–H and O–H groups in total. The van der Waals surface area contributed by atoms with Gasteiger partial charge >= 0.3 is 0 Å². The van der Waals surface area contributed by atoms with Crippen LogP contribution in [0.5, 0.6) is 11.8 Å². The first-order valence-electron chi connectivity index (χ1n) is 14.5. The number of hydrogen-bond donors (Lipinski definition) is 0. The predicted molar refractivity (Wildman–Crippen MR) is 169 cm³/mol. The van der Waals surface area contributed by atoms with Crippen LogP contribution in [0.4, 0.5) is 0 Å². The summed E-state index contributed by atoms with van der Waals surface area (Å²) in [5.74, 6) is 1.04. The second-order valence-corrected chi connectivity index (χ2v) is 9.17. The number of nitrogens with zero attached hydrogens (tertiary/aromatic N) is 4. The van der Waals surface area contributed by atoms with Crippen molar-refractivity contribution in [1.82, 2.24) is 19.9 Å². The molecule has 230 valence electrons. The molecule has 0 aliphatic carbocycles. The van der Waals surface area contributed by atoms with Crippen molar-refractivity contribution in [3.8, 4) is 34.5 Å². The van der Waals surface area contributed by atoms with Crippen LogP contribution >= 0.6 is 0 Å². The van der Waals surface area contributed by atoms with E-state index in [9.17, 15) is 0 Å². The molecule has 0 fully saturated rings. The Morgan fingerprint density at radius 3 is 1.09 bits per heavy atom. The first-order chi connectivity index (χ1) is 21.7. The fourth-order valence-corrected chi connectivity index (χ4v) is 3.86. The van der Waals surface area contributed by atoms with Crippen molar-refractivity contribution in [2.24, 2.45) is 0 Å². The Morgan fingerprint density at radius 2 is 0.727 bits per heavy atom. The van der Waals surface area contributed by atoms with Crippen molar-refractivity contribution < 1.29 is 28.4 Å². The third-order valence-electron chi connectivity index (χ3n) is 6.00. The second kappa shape index (κ2) is 18.9. The molecule has 0 atom stereocenters. The molecule has 0 aliphatic heterocycles. The van der Waals surface area contributed by atoms with Crippen molar-refractivity contribution in [3.05, 3.63) is 97.3 Å². The molecule has 4 heterocycles. The molecule has 4 aromatic rings. The van der Waals surface area contributed by atoms with Gasteiger partial charge in [0.2, 0.25) is 11.8 Å². The van der Waals surface area contributed by atoms with Crippen LogP contribution in [0.2, 0.25) is 0 Å². The maximum atomic E-state index is 5.71. The zero-order valence-corrected chi connectivity index (χ0v) is 24.8. The molecule has 44 heavy (non-hydrogen) atoms. The van der Waals surface area contributed by atoms with Crippen LogP contribution in [0.15, 0.2) is 86.0 Å². The molecule has 0 aromatic carbocycles. The topological polar surface area (TPSA) is 107 Å². The van der Waals surface area contributed by atoms with Gasteiger partial charge in [0.05, 0.1) is 87.0 Å². The zero-order valence-electron chi connectivity index (χ0n) is 24.8. The van der Waals surface area contributed by atoms with E-state index in [-0.39, 0.29) is 0 Å². The smallest absolute Gasteiger partial charge is 0.213 e. The molecule has 0 unspecified atom stereocenters. The Kier molecular flexibility index (Phi) is 14.0. The molecule has 0 spiro atoms. The molecular weight excluding hydrogens is 560 g/mol. The monoisotopic (exact) mass is 598 g/mol. The van der Waals surface area contributed by atoms with E-state index in [1.807, 2.05) is 72.8 Å². The lowest BCUT2D eigenvalue weighted by atomic mass is 10.2. The summed E-state index contributed by atoms with van der Waals surface area (Å²) in [6.45, 7) is 12.0. The largest absolute Gasteiger partial charge is 0.475 e. The summed E-state index contributed by atoms with van der Waals surface area (Å²) < 4.78 is 33.6. The molecular formula is C34H38N4O6. The molecule has 10 nitrogen and oxygen atoms in total. The summed E-state index contributed by atoms with van der Waals surface area (Å²) in [6, 6.07) is 22.6. The number of rotatable bonds is 21. The van der Waals surface area contributed by atoms with Crippen LogP contribution in [0.1, 0.15) is 11.4 Å². The van der Waals surface area contributed by atoms with Crippen molar-refractivity contribution in [3.63, 3.8) is 0 Å². The summed E-state index contributed by atoms with van der Waals surface area (Å²) in [5, 5.41) is 0. The first kappa shape index (κ1) is 32.4. The molecule has 10 heteroatoms. The van der Waals surface area contributed by atoms with Gasteiger partial charge in [-0.3, -0.25) is 0 Å². The van der Waals surface area contributed by atoms with E-state index < -0.39 is 0 Å². The van der Waals surface area contributed by atoms with E-state index in [4.69, 9.17) is 28.4 Å². The molecule has 0 amide bonds. The van der Waals surface area contributed by atoms with E-state index in [0.717, 1.165) is 34.2 Å². The van der Waals surface area contributed by atoms with Gasteiger partial charge in [0.25, 0.3) is 0 Å². The molecule has 4 aromatic heterocycles. The summed E-state index contributed by atoms with van der Waals surface area (Å²) in [6.07, 6.45) is 3.41. The van der Waals surface area contributed by atoms with Crippen molar-refractivity contribution >= 4 is 12.2 Å². The minimum atomic E-state index is 0.385. The fraction of sp³-hybridized carbons (Fsp3) is 0.294. The van der Waals surface area contributed by atoms with Crippen LogP contribution in [0.3, 0.4) is 0 Å². The summed E-state index contributed by atoms with van der Waals surface area (Å²) >= 11 is 0. The van der Waals surface area contributed by atoms with Gasteiger partial charge in [-0.2, -0.15) is 0 Å². The van der Waals surface area contributed by atoms with Gasteiger partial charge in [0, 0.05) is 12.1 Å². The number of pyridine rings is 4. The average Bonchev–Trinajstić information content (AvgIpc) is 3.08. The molecule has 0 saturated carbocycles. The zero-order chi connectivity index (χ0) is 30.7. The Bertz CT molecular complexity index is 1340. The molecule has 0 radical (unpaired) electrons. The van der Waals surface area contributed by atoms with E-state index in [0.29, 0.717) is 77.8 Å². The van der Waals surface area contributed by atoms with Gasteiger partial charge in [-0.15, -0.1) is 0 Å². The maximum absolute atomic E-state index is 5.71. The molecule has 4 rings (SSSR count). The summed E-state index contributed by atoms with van der Waals surface area (Å²) in [4.78, 5) is 18.0. The Labute approximate surface area is 258 Å². The Hall–Kier alpha value is -4.48. The highest BCUT2D eigenvalue weighted by Gasteiger charge is 2.05. The maximum Gasteiger partial charge on any atom is 0.213 e. The SMILES string of the molecule is C=Cc1cccc(-c2cccc(OCCOCCOCCOCCOCCOc3cccc(-c4cccc(C=C)n4)n3)n2)n1. The summed E-state index contributed by atoms with van der Waals surface area (Å²) in [7, 11) is 0. The predicted octanol–water partition coefficient (Wildman–Crippen LogP) is 5.41. The van der Waals surface area contributed by atoms with Crippen LogP contribution in [-0.4, -0.2) is 86.0 Å². The van der Waals surface area contributed by atoms with Crippen LogP contribution < -0.4 is 9.47 Å². The molecule has 0 saturated heterocycles. The quantitative estimate of drug-likeness (QED) is 0.116. The molecule has 0 aliphatic rings. The third-order valence-corrected chi connectivity index (χ3v) is 6.00. The van der Waals surface area contributed by atoms with Crippen molar-refractivity contribution in [2.45, 2.75) is 0 Å². The lowest BCUT2D eigenvalue weighted by molar-refractivity contribution is -0.00720. The average molecular weight is 599 g/mol. The minimum absolute atomic E-state index is 0.385. The normalized spacial score (nSPS) is 10.8. The van der Waals surface area contributed by atoms with Crippen LogP contribution in [0, 0.1) is 0 Å². The van der Waals surface area contributed by atoms with Gasteiger partial charge in [-0.25, -0.2) is 19.9 Å². The number of aromatic nitrogens is 4. The van der Waals surface area contributed by atoms with Crippen molar-refractivity contribution in [1.29, 1.82) is 0 Å². The molecule has 0 bridgehead atoms. The van der Waals surface area contributed by atoms with Gasteiger partial charge in [0.1, 0.15) is 13.2 Å². The lowest BCUT2D eigenvalue weighted by Gasteiger charge is -2.09. The first-order valence-corrected chi connectivity index (χ1v) is 14.5. The Balaban J connectivity index is 0.955. The van der Waals surface area contributed by atoms with E-state index >= 15 is 0 Å². The number of ether oxygens (including phenoxy) is 6. The highest BCUT2D eigenvalue weighted by Crippen LogP contribution is 2.19. The third kappa shape index (κ3) is 11.3. The van der Waals surface area contributed by atoms with Crippen molar-refractivity contribution in [2.75, 3.05) is 66.1 Å². The van der Waals surface area contributed by atoms with Gasteiger partial charge in [-0.05, 0) is 48.6 Å². The van der Waals surface area contributed by atoms with E-state index in [1.54, 1.807) is 12.2 Å². The van der Waals surface area contributed by atoms with E-state index in [1.165, 1.54) is 0 Å². The standard InChI is InChI=1S/C34H38N4O6/c1-3-27-9-5-11-29(35-27)31-13-7-15-33(37-31)43-25-23-41-21-19-39-17-18-40-20-22-42-24-26-44-34-16-8-14-32(38-34)30-12-6-10-28(4-2)36-30/h3-16H,1-2,17-26H2. The van der Waals surface area contributed by atoms with E-state index in [2.05, 4.69) is 33.1 Å². The number of hydrogen-bond acceptors (Lipinski definition) is 10.